The van der Waals surface area contributed by atoms with Crippen molar-refractivity contribution in [3.8, 4) is 0 Å². The Morgan fingerprint density at radius 2 is 1.60 bits per heavy atom. The Balaban J connectivity index is 1.90. The van der Waals surface area contributed by atoms with Gasteiger partial charge in [-0.25, -0.2) is 0 Å². The number of hydrogen-bond acceptors (Lipinski definition) is 2. The Bertz CT molecular complexity index is 603. The van der Waals surface area contributed by atoms with E-state index < -0.39 is 0 Å². The van der Waals surface area contributed by atoms with Gasteiger partial charge in [0.2, 0.25) is 5.91 Å². The minimum Gasteiger partial charge on any atom is -0.376 e. The summed E-state index contributed by atoms with van der Waals surface area (Å²) >= 11 is 0. The molecule has 0 bridgehead atoms. The summed E-state index contributed by atoms with van der Waals surface area (Å²) in [7, 11) is 0. The van der Waals surface area contributed by atoms with E-state index in [-0.39, 0.29) is 12.5 Å². The Morgan fingerprint density at radius 3 is 2.25 bits per heavy atom. The number of aryl methyl sites for hydroxylation is 3. The lowest BCUT2D eigenvalue weighted by Crippen LogP contribution is -2.22. The maximum Gasteiger partial charge on any atom is 0.243 e. The van der Waals surface area contributed by atoms with E-state index in [9.17, 15) is 4.79 Å². The summed E-state index contributed by atoms with van der Waals surface area (Å²) < 4.78 is 0. The molecule has 0 heterocycles. The van der Waals surface area contributed by atoms with Gasteiger partial charge in [0.15, 0.2) is 0 Å². The molecule has 0 aliphatic rings. The largest absolute Gasteiger partial charge is 0.376 e. The van der Waals surface area contributed by atoms with Crippen LogP contribution in [0.5, 0.6) is 0 Å². The minimum atomic E-state index is -0.0440. The third kappa shape index (κ3) is 3.85. The van der Waals surface area contributed by atoms with Crippen molar-refractivity contribution in [3.63, 3.8) is 0 Å². The zero-order chi connectivity index (χ0) is 14.5. The molecule has 2 aromatic carbocycles. The maximum atomic E-state index is 11.9. The number of amides is 1. The van der Waals surface area contributed by atoms with Crippen LogP contribution in [0.25, 0.3) is 0 Å². The second kappa shape index (κ2) is 6.24. The van der Waals surface area contributed by atoms with E-state index in [4.69, 9.17) is 0 Å². The van der Waals surface area contributed by atoms with Gasteiger partial charge in [0, 0.05) is 11.4 Å². The fourth-order valence-corrected chi connectivity index (χ4v) is 2.00. The summed E-state index contributed by atoms with van der Waals surface area (Å²) in [6, 6.07) is 14.0. The van der Waals surface area contributed by atoms with Crippen LogP contribution in [0.1, 0.15) is 16.7 Å². The van der Waals surface area contributed by atoms with Gasteiger partial charge in [0.1, 0.15) is 0 Å². The van der Waals surface area contributed by atoms with E-state index in [2.05, 4.69) is 16.7 Å². The Labute approximate surface area is 120 Å². The van der Waals surface area contributed by atoms with E-state index in [0.717, 1.165) is 16.9 Å². The highest BCUT2D eigenvalue weighted by atomic mass is 16.1. The quantitative estimate of drug-likeness (QED) is 0.888. The van der Waals surface area contributed by atoms with Crippen LogP contribution in [0, 0.1) is 20.8 Å². The second-order valence-electron chi connectivity index (χ2n) is 5.09. The van der Waals surface area contributed by atoms with Gasteiger partial charge in [-0.05, 0) is 44.5 Å². The van der Waals surface area contributed by atoms with Gasteiger partial charge in [0.25, 0.3) is 0 Å². The number of anilines is 2. The fourth-order valence-electron chi connectivity index (χ4n) is 2.00. The molecule has 1 amide bonds. The molecule has 0 atom stereocenters. The third-order valence-corrected chi connectivity index (χ3v) is 3.16. The highest BCUT2D eigenvalue weighted by molar-refractivity contribution is 5.94. The van der Waals surface area contributed by atoms with E-state index >= 15 is 0 Å². The molecule has 0 saturated carbocycles. The molecule has 0 aliphatic heterocycles. The summed E-state index contributed by atoms with van der Waals surface area (Å²) in [5.41, 5.74) is 5.29. The summed E-state index contributed by atoms with van der Waals surface area (Å²) in [4.78, 5) is 11.9. The second-order valence-corrected chi connectivity index (χ2v) is 5.09. The first-order valence-electron chi connectivity index (χ1n) is 6.72. The SMILES string of the molecule is Cc1ccc(NCC(=O)Nc2ccc(C)cc2C)cc1. The first kappa shape index (κ1) is 14.1. The Kier molecular flexibility index (Phi) is 4.41. The smallest absolute Gasteiger partial charge is 0.243 e. The van der Waals surface area contributed by atoms with Crippen molar-refractivity contribution in [2.24, 2.45) is 0 Å². The molecule has 0 spiro atoms. The molecular weight excluding hydrogens is 248 g/mol. The van der Waals surface area contributed by atoms with Crippen LogP contribution in [0.15, 0.2) is 42.5 Å². The van der Waals surface area contributed by atoms with Crippen LogP contribution in [0.2, 0.25) is 0 Å². The Morgan fingerprint density at radius 1 is 0.950 bits per heavy atom. The number of carbonyl (C=O) groups is 1. The number of carbonyl (C=O) groups excluding carboxylic acids is 1. The van der Waals surface area contributed by atoms with Gasteiger partial charge in [-0.2, -0.15) is 0 Å². The van der Waals surface area contributed by atoms with Crippen molar-refractivity contribution < 1.29 is 4.79 Å². The van der Waals surface area contributed by atoms with Gasteiger partial charge in [-0.1, -0.05) is 35.4 Å². The van der Waals surface area contributed by atoms with Crippen LogP contribution in [0.3, 0.4) is 0 Å². The van der Waals surface area contributed by atoms with Crippen molar-refractivity contribution in [3.05, 3.63) is 59.2 Å². The molecule has 0 fully saturated rings. The maximum absolute atomic E-state index is 11.9. The molecule has 0 aliphatic carbocycles. The molecule has 104 valence electrons. The van der Waals surface area contributed by atoms with Crippen LogP contribution in [-0.4, -0.2) is 12.5 Å². The van der Waals surface area contributed by atoms with Gasteiger partial charge in [-0.15, -0.1) is 0 Å². The average molecular weight is 268 g/mol. The molecule has 3 heteroatoms. The first-order chi connectivity index (χ1) is 9.54. The van der Waals surface area contributed by atoms with Crippen molar-refractivity contribution in [2.75, 3.05) is 17.2 Å². The van der Waals surface area contributed by atoms with E-state index in [0.29, 0.717) is 0 Å². The van der Waals surface area contributed by atoms with Gasteiger partial charge < -0.3 is 10.6 Å². The summed E-state index contributed by atoms with van der Waals surface area (Å²) in [6.07, 6.45) is 0. The van der Waals surface area contributed by atoms with E-state index in [1.807, 2.05) is 57.2 Å². The lowest BCUT2D eigenvalue weighted by atomic mass is 10.1. The topological polar surface area (TPSA) is 41.1 Å². The molecule has 2 rings (SSSR count). The standard InChI is InChI=1S/C17H20N2O/c1-12-4-7-15(8-5-12)18-11-17(20)19-16-9-6-13(2)10-14(16)3/h4-10,18H,11H2,1-3H3,(H,19,20). The molecule has 0 unspecified atom stereocenters. The van der Waals surface area contributed by atoms with E-state index in [1.165, 1.54) is 11.1 Å². The molecule has 0 aromatic heterocycles. The lowest BCUT2D eigenvalue weighted by Gasteiger charge is -2.10. The first-order valence-corrected chi connectivity index (χ1v) is 6.72. The fraction of sp³-hybridized carbons (Fsp3) is 0.235. The van der Waals surface area contributed by atoms with Gasteiger partial charge >= 0.3 is 0 Å². The summed E-state index contributed by atoms with van der Waals surface area (Å²) in [5, 5.41) is 6.03. The zero-order valence-electron chi connectivity index (χ0n) is 12.2. The minimum absolute atomic E-state index is 0.0440. The normalized spacial score (nSPS) is 10.2. The van der Waals surface area contributed by atoms with Crippen molar-refractivity contribution >= 4 is 17.3 Å². The number of nitrogens with one attached hydrogen (secondary N) is 2. The predicted molar refractivity (Wildman–Crippen MR) is 84.2 cm³/mol. The molecule has 0 saturated heterocycles. The van der Waals surface area contributed by atoms with Crippen LogP contribution < -0.4 is 10.6 Å². The molecule has 20 heavy (non-hydrogen) atoms. The zero-order valence-corrected chi connectivity index (χ0v) is 12.2. The average Bonchev–Trinajstić information content (AvgIpc) is 2.41. The van der Waals surface area contributed by atoms with Crippen molar-refractivity contribution in [1.29, 1.82) is 0 Å². The molecular formula is C17H20N2O. The van der Waals surface area contributed by atoms with Gasteiger partial charge in [0.05, 0.1) is 6.54 Å². The number of rotatable bonds is 4. The highest BCUT2D eigenvalue weighted by Gasteiger charge is 2.04. The van der Waals surface area contributed by atoms with Crippen LogP contribution in [0.4, 0.5) is 11.4 Å². The highest BCUT2D eigenvalue weighted by Crippen LogP contribution is 2.16. The third-order valence-electron chi connectivity index (χ3n) is 3.16. The van der Waals surface area contributed by atoms with Crippen molar-refractivity contribution in [1.82, 2.24) is 0 Å². The molecule has 2 N–H and O–H groups in total. The number of hydrogen-bond donors (Lipinski definition) is 2. The molecule has 3 nitrogen and oxygen atoms in total. The summed E-state index contributed by atoms with van der Waals surface area (Å²) in [5.74, 6) is -0.0440. The van der Waals surface area contributed by atoms with Crippen LogP contribution >= 0.6 is 0 Å². The van der Waals surface area contributed by atoms with E-state index in [1.54, 1.807) is 0 Å². The molecule has 0 radical (unpaired) electrons. The predicted octanol–water partition coefficient (Wildman–Crippen LogP) is 3.66. The molecule has 2 aromatic rings. The van der Waals surface area contributed by atoms with Crippen molar-refractivity contribution in [2.45, 2.75) is 20.8 Å². The Hall–Kier alpha value is -2.29. The number of benzene rings is 2. The van der Waals surface area contributed by atoms with Gasteiger partial charge in [-0.3, -0.25) is 4.79 Å². The summed E-state index contributed by atoms with van der Waals surface area (Å²) in [6.45, 7) is 6.33. The van der Waals surface area contributed by atoms with Crippen LogP contribution in [-0.2, 0) is 4.79 Å². The monoisotopic (exact) mass is 268 g/mol. The lowest BCUT2D eigenvalue weighted by molar-refractivity contribution is -0.114.